The molecule has 2 rings (SSSR count). The van der Waals surface area contributed by atoms with E-state index in [0.29, 0.717) is 18.0 Å². The minimum absolute atomic E-state index is 0.334. The first-order valence-corrected chi connectivity index (χ1v) is 5.64. The van der Waals surface area contributed by atoms with E-state index in [1.54, 1.807) is 12.4 Å². The van der Waals surface area contributed by atoms with E-state index in [-0.39, 0.29) is 0 Å². The van der Waals surface area contributed by atoms with E-state index in [9.17, 15) is 5.11 Å². The van der Waals surface area contributed by atoms with Gasteiger partial charge in [0, 0.05) is 36.6 Å². The summed E-state index contributed by atoms with van der Waals surface area (Å²) < 4.78 is 1.88. The Hall–Kier alpha value is -1.75. The van der Waals surface area contributed by atoms with Gasteiger partial charge in [0.15, 0.2) is 0 Å². The van der Waals surface area contributed by atoms with Gasteiger partial charge in [0.2, 0.25) is 0 Å². The van der Waals surface area contributed by atoms with Crippen molar-refractivity contribution >= 4 is 0 Å². The van der Waals surface area contributed by atoms with Gasteiger partial charge in [-0.2, -0.15) is 5.10 Å². The Morgan fingerprint density at radius 2 is 2.00 bits per heavy atom. The Bertz CT molecular complexity index is 466. The molecule has 0 saturated carbocycles. The molecule has 0 aliphatic heterocycles. The van der Waals surface area contributed by atoms with Crippen molar-refractivity contribution < 1.29 is 5.11 Å². The third-order valence-electron chi connectivity index (χ3n) is 2.56. The van der Waals surface area contributed by atoms with Crippen molar-refractivity contribution in [3.8, 4) is 0 Å². The van der Waals surface area contributed by atoms with Gasteiger partial charge in [0.25, 0.3) is 0 Å². The molecule has 2 heterocycles. The second-order valence-corrected chi connectivity index (χ2v) is 4.27. The molecule has 17 heavy (non-hydrogen) atoms. The van der Waals surface area contributed by atoms with Crippen molar-refractivity contribution in [1.29, 1.82) is 0 Å². The smallest absolute Gasteiger partial charge is 0.115 e. The maximum Gasteiger partial charge on any atom is 0.115 e. The molecule has 0 bridgehead atoms. The van der Waals surface area contributed by atoms with Crippen molar-refractivity contribution in [2.75, 3.05) is 0 Å². The van der Waals surface area contributed by atoms with E-state index in [1.807, 2.05) is 16.9 Å². The summed E-state index contributed by atoms with van der Waals surface area (Å²) in [7, 11) is 0. The van der Waals surface area contributed by atoms with Crippen molar-refractivity contribution in [3.63, 3.8) is 0 Å². The van der Waals surface area contributed by atoms with E-state index >= 15 is 0 Å². The fourth-order valence-corrected chi connectivity index (χ4v) is 1.57. The Morgan fingerprint density at radius 1 is 1.29 bits per heavy atom. The largest absolute Gasteiger partial charge is 0.388 e. The number of nitrogens with zero attached hydrogens (tertiary/aromatic N) is 4. The second kappa shape index (κ2) is 5.05. The molecule has 2 aromatic rings. The van der Waals surface area contributed by atoms with Gasteiger partial charge in [0.05, 0.1) is 11.8 Å². The molecule has 1 atom stereocenters. The molecule has 0 amide bonds. The zero-order valence-corrected chi connectivity index (χ0v) is 9.98. The van der Waals surface area contributed by atoms with Crippen LogP contribution in [-0.4, -0.2) is 24.9 Å². The third kappa shape index (κ3) is 2.88. The monoisotopic (exact) mass is 232 g/mol. The van der Waals surface area contributed by atoms with Gasteiger partial charge in [-0.3, -0.25) is 4.68 Å². The van der Waals surface area contributed by atoms with E-state index in [0.717, 1.165) is 5.69 Å². The standard InChI is InChI=1S/C12H16N4O/c1-9(2)16-4-3-11(15-16)5-12(17)10-6-13-8-14-7-10/h3-4,6-9,12,17H,5H2,1-2H3. The quantitative estimate of drug-likeness (QED) is 0.868. The molecule has 0 spiro atoms. The van der Waals surface area contributed by atoms with Crippen LogP contribution in [0.3, 0.4) is 0 Å². The van der Waals surface area contributed by atoms with Crippen LogP contribution in [0, 0.1) is 0 Å². The average molecular weight is 232 g/mol. The van der Waals surface area contributed by atoms with Gasteiger partial charge in [-0.05, 0) is 19.9 Å². The van der Waals surface area contributed by atoms with Crippen LogP contribution in [0.25, 0.3) is 0 Å². The lowest BCUT2D eigenvalue weighted by Crippen LogP contribution is -2.06. The molecule has 0 aliphatic carbocycles. The first kappa shape index (κ1) is 11.7. The molecule has 0 radical (unpaired) electrons. The van der Waals surface area contributed by atoms with Gasteiger partial charge in [-0.1, -0.05) is 0 Å². The minimum Gasteiger partial charge on any atom is -0.388 e. The molecule has 0 fully saturated rings. The first-order chi connectivity index (χ1) is 8.16. The highest BCUT2D eigenvalue weighted by molar-refractivity contribution is 5.11. The summed E-state index contributed by atoms with van der Waals surface area (Å²) >= 11 is 0. The highest BCUT2D eigenvalue weighted by atomic mass is 16.3. The Labute approximate surface area is 100 Å². The predicted molar refractivity (Wildman–Crippen MR) is 63.3 cm³/mol. The first-order valence-electron chi connectivity index (χ1n) is 5.64. The zero-order chi connectivity index (χ0) is 12.3. The van der Waals surface area contributed by atoms with E-state index in [4.69, 9.17) is 0 Å². The number of aromatic nitrogens is 4. The van der Waals surface area contributed by atoms with Crippen LogP contribution in [0.15, 0.2) is 31.0 Å². The minimum atomic E-state index is -0.605. The van der Waals surface area contributed by atoms with Gasteiger partial charge in [-0.25, -0.2) is 9.97 Å². The van der Waals surface area contributed by atoms with Crippen molar-refractivity contribution in [2.45, 2.75) is 32.4 Å². The number of aliphatic hydroxyl groups excluding tert-OH is 1. The number of aliphatic hydroxyl groups is 1. The molecule has 0 saturated heterocycles. The highest BCUT2D eigenvalue weighted by Gasteiger charge is 2.11. The van der Waals surface area contributed by atoms with Crippen LogP contribution in [-0.2, 0) is 6.42 Å². The molecular weight excluding hydrogens is 216 g/mol. The average Bonchev–Trinajstić information content (AvgIpc) is 2.79. The van der Waals surface area contributed by atoms with Crippen LogP contribution in [0.2, 0.25) is 0 Å². The molecule has 5 heteroatoms. The topological polar surface area (TPSA) is 63.8 Å². The maximum atomic E-state index is 9.99. The number of hydrogen-bond acceptors (Lipinski definition) is 4. The number of rotatable bonds is 4. The Kier molecular flexibility index (Phi) is 3.49. The summed E-state index contributed by atoms with van der Waals surface area (Å²) in [5.41, 5.74) is 1.58. The SMILES string of the molecule is CC(C)n1ccc(CC(O)c2cncnc2)n1. The summed E-state index contributed by atoms with van der Waals surface area (Å²) in [6.45, 7) is 4.14. The van der Waals surface area contributed by atoms with Crippen molar-refractivity contribution in [2.24, 2.45) is 0 Å². The molecule has 90 valence electrons. The zero-order valence-electron chi connectivity index (χ0n) is 9.98. The molecule has 1 N–H and O–H groups in total. The normalized spacial score (nSPS) is 12.9. The lowest BCUT2D eigenvalue weighted by Gasteiger charge is -2.08. The predicted octanol–water partition coefficient (Wildman–Crippen LogP) is 1.53. The van der Waals surface area contributed by atoms with Crippen LogP contribution in [0.4, 0.5) is 0 Å². The van der Waals surface area contributed by atoms with E-state index < -0.39 is 6.10 Å². The Morgan fingerprint density at radius 3 is 2.59 bits per heavy atom. The summed E-state index contributed by atoms with van der Waals surface area (Å²) in [6.07, 6.45) is 6.49. The fourth-order valence-electron chi connectivity index (χ4n) is 1.57. The van der Waals surface area contributed by atoms with Crippen molar-refractivity contribution in [1.82, 2.24) is 19.7 Å². The van der Waals surface area contributed by atoms with Gasteiger partial charge in [-0.15, -0.1) is 0 Å². The highest BCUT2D eigenvalue weighted by Crippen LogP contribution is 2.16. The van der Waals surface area contributed by atoms with Crippen LogP contribution in [0.5, 0.6) is 0 Å². The van der Waals surface area contributed by atoms with Crippen LogP contribution >= 0.6 is 0 Å². The number of hydrogen-bond donors (Lipinski definition) is 1. The van der Waals surface area contributed by atoms with Crippen molar-refractivity contribution in [3.05, 3.63) is 42.2 Å². The maximum absolute atomic E-state index is 9.99. The third-order valence-corrected chi connectivity index (χ3v) is 2.56. The molecule has 2 aromatic heterocycles. The molecular formula is C12H16N4O. The Balaban J connectivity index is 2.05. The summed E-state index contributed by atoms with van der Waals surface area (Å²) in [5.74, 6) is 0. The van der Waals surface area contributed by atoms with Gasteiger partial charge < -0.3 is 5.11 Å². The molecule has 5 nitrogen and oxygen atoms in total. The summed E-state index contributed by atoms with van der Waals surface area (Å²) in [4.78, 5) is 7.77. The summed E-state index contributed by atoms with van der Waals surface area (Å²) in [6, 6.07) is 2.26. The van der Waals surface area contributed by atoms with Gasteiger partial charge >= 0.3 is 0 Å². The summed E-state index contributed by atoms with van der Waals surface area (Å²) in [5, 5.41) is 14.4. The van der Waals surface area contributed by atoms with Gasteiger partial charge in [0.1, 0.15) is 6.33 Å². The van der Waals surface area contributed by atoms with Crippen LogP contribution in [0.1, 0.15) is 37.3 Å². The fraction of sp³-hybridized carbons (Fsp3) is 0.417. The molecule has 0 aromatic carbocycles. The lowest BCUT2D eigenvalue weighted by molar-refractivity contribution is 0.176. The lowest BCUT2D eigenvalue weighted by atomic mass is 10.1. The molecule has 1 unspecified atom stereocenters. The molecule has 0 aliphatic rings. The van der Waals surface area contributed by atoms with Crippen LogP contribution < -0.4 is 0 Å². The van der Waals surface area contributed by atoms with E-state index in [2.05, 4.69) is 28.9 Å². The second-order valence-electron chi connectivity index (χ2n) is 4.27. The van der Waals surface area contributed by atoms with E-state index in [1.165, 1.54) is 6.33 Å².